The van der Waals surface area contributed by atoms with E-state index in [1.54, 1.807) is 4.90 Å². The molecule has 2 atom stereocenters. The Morgan fingerprint density at radius 3 is 2.15 bits per heavy atom. The number of carbonyl (C=O) groups excluding carboxylic acids is 2. The van der Waals surface area contributed by atoms with Crippen LogP contribution in [0.25, 0.3) is 0 Å². The first-order valence-corrected chi connectivity index (χ1v) is 9.09. The topological polar surface area (TPSA) is 63.4 Å². The lowest BCUT2D eigenvalue weighted by Gasteiger charge is -2.32. The van der Waals surface area contributed by atoms with Gasteiger partial charge in [0.1, 0.15) is 17.5 Å². The quantitative estimate of drug-likeness (QED) is 0.781. The summed E-state index contributed by atoms with van der Waals surface area (Å²) in [5.41, 5.74) is 5.32. The Bertz CT molecular complexity index is 685. The molecule has 0 aromatic heterocycles. The first kappa shape index (κ1) is 21.7. The van der Waals surface area contributed by atoms with Crippen LogP contribution < -0.4 is 5.73 Å². The summed E-state index contributed by atoms with van der Waals surface area (Å²) in [5.74, 6) is -4.40. The van der Waals surface area contributed by atoms with Gasteiger partial charge in [0.15, 0.2) is 5.78 Å². The molecule has 1 amide bonds. The molecule has 150 valence electrons. The number of benzene rings is 1. The molecule has 27 heavy (non-hydrogen) atoms. The van der Waals surface area contributed by atoms with Crippen molar-refractivity contribution in [3.8, 4) is 0 Å². The second kappa shape index (κ2) is 9.06. The first-order valence-electron chi connectivity index (χ1n) is 9.09. The zero-order valence-corrected chi connectivity index (χ0v) is 15.7. The normalized spacial score (nSPS) is 23.2. The molecule has 3 rings (SSSR count). The van der Waals surface area contributed by atoms with Crippen molar-refractivity contribution in [1.82, 2.24) is 4.90 Å². The number of nitrogens with zero attached hydrogens (tertiary/aromatic N) is 1. The van der Waals surface area contributed by atoms with Gasteiger partial charge in [0.05, 0.1) is 5.56 Å². The third-order valence-electron chi connectivity index (χ3n) is 5.63. The van der Waals surface area contributed by atoms with Crippen molar-refractivity contribution in [2.45, 2.75) is 44.6 Å². The third kappa shape index (κ3) is 4.82. The van der Waals surface area contributed by atoms with E-state index in [0.29, 0.717) is 44.5 Å². The summed E-state index contributed by atoms with van der Waals surface area (Å²) in [6, 6.07) is 1.10. The second-order valence-corrected chi connectivity index (χ2v) is 7.32. The number of piperidine rings is 1. The molecule has 1 heterocycles. The van der Waals surface area contributed by atoms with Crippen LogP contribution in [-0.2, 0) is 4.79 Å². The van der Waals surface area contributed by atoms with Crippen LogP contribution in [0.15, 0.2) is 12.1 Å². The Kier molecular flexibility index (Phi) is 7.28. The highest BCUT2D eigenvalue weighted by Gasteiger charge is 2.33. The van der Waals surface area contributed by atoms with Gasteiger partial charge in [0, 0.05) is 43.6 Å². The highest BCUT2D eigenvalue weighted by Crippen LogP contribution is 2.29. The van der Waals surface area contributed by atoms with E-state index in [4.69, 9.17) is 5.73 Å². The lowest BCUT2D eigenvalue weighted by molar-refractivity contribution is -0.133. The van der Waals surface area contributed by atoms with Gasteiger partial charge >= 0.3 is 0 Å². The van der Waals surface area contributed by atoms with Crippen LogP contribution in [0.2, 0.25) is 0 Å². The Balaban J connectivity index is 0.00000261. The molecule has 0 spiro atoms. The fourth-order valence-corrected chi connectivity index (χ4v) is 4.05. The predicted molar refractivity (Wildman–Crippen MR) is 97.1 cm³/mol. The third-order valence-corrected chi connectivity index (χ3v) is 5.63. The number of hydrogen-bond donors (Lipinski definition) is 1. The highest BCUT2D eigenvalue weighted by molar-refractivity contribution is 5.98. The second-order valence-electron chi connectivity index (χ2n) is 7.32. The number of rotatable bonds is 4. The van der Waals surface area contributed by atoms with Gasteiger partial charge in [-0.2, -0.15) is 0 Å². The molecule has 1 aliphatic carbocycles. The average molecular weight is 405 g/mol. The predicted octanol–water partition coefficient (Wildman–Crippen LogP) is 3.46. The Hall–Kier alpha value is -1.60. The van der Waals surface area contributed by atoms with Gasteiger partial charge < -0.3 is 10.6 Å². The smallest absolute Gasteiger partial charge is 0.222 e. The van der Waals surface area contributed by atoms with Gasteiger partial charge in [-0.05, 0) is 31.6 Å². The molecular formula is C19H24ClF3N2O2. The summed E-state index contributed by atoms with van der Waals surface area (Å²) >= 11 is 0. The van der Waals surface area contributed by atoms with Crippen LogP contribution in [-0.4, -0.2) is 35.7 Å². The molecule has 1 aromatic rings. The zero-order chi connectivity index (χ0) is 18.8. The van der Waals surface area contributed by atoms with Gasteiger partial charge in [0.25, 0.3) is 0 Å². The molecule has 0 unspecified atom stereocenters. The van der Waals surface area contributed by atoms with Crippen molar-refractivity contribution < 1.29 is 22.8 Å². The molecule has 2 fully saturated rings. The van der Waals surface area contributed by atoms with E-state index in [2.05, 4.69) is 0 Å². The Morgan fingerprint density at radius 2 is 1.63 bits per heavy atom. The lowest BCUT2D eigenvalue weighted by atomic mass is 9.88. The van der Waals surface area contributed by atoms with Gasteiger partial charge in [-0.15, -0.1) is 12.4 Å². The Labute approximate surface area is 162 Å². The largest absolute Gasteiger partial charge is 0.343 e. The lowest BCUT2D eigenvalue weighted by Crippen LogP contribution is -2.42. The van der Waals surface area contributed by atoms with Crippen molar-refractivity contribution >= 4 is 24.1 Å². The minimum atomic E-state index is -1.18. The molecule has 4 nitrogen and oxygen atoms in total. The van der Waals surface area contributed by atoms with E-state index in [0.717, 1.165) is 19.3 Å². The fourth-order valence-electron chi connectivity index (χ4n) is 4.05. The van der Waals surface area contributed by atoms with Crippen LogP contribution in [0, 0.1) is 29.3 Å². The number of hydrogen-bond acceptors (Lipinski definition) is 3. The number of ketones is 1. The minimum absolute atomic E-state index is 0. The van der Waals surface area contributed by atoms with Crippen molar-refractivity contribution in [2.75, 3.05) is 13.1 Å². The van der Waals surface area contributed by atoms with Crippen LogP contribution in [0.4, 0.5) is 13.2 Å². The molecule has 1 aliphatic heterocycles. The van der Waals surface area contributed by atoms with Crippen molar-refractivity contribution in [3.63, 3.8) is 0 Å². The number of amides is 1. The fraction of sp³-hybridized carbons (Fsp3) is 0.579. The summed E-state index contributed by atoms with van der Waals surface area (Å²) in [5, 5.41) is 0. The maximum atomic E-state index is 13.8. The van der Waals surface area contributed by atoms with Crippen molar-refractivity contribution in [3.05, 3.63) is 35.1 Å². The van der Waals surface area contributed by atoms with Gasteiger partial charge in [-0.25, -0.2) is 13.2 Å². The number of nitrogens with two attached hydrogens (primary N) is 1. The first-order chi connectivity index (χ1) is 12.4. The highest BCUT2D eigenvalue weighted by atomic mass is 35.5. The molecule has 2 N–H and O–H groups in total. The van der Waals surface area contributed by atoms with Crippen molar-refractivity contribution in [2.24, 2.45) is 17.6 Å². The average Bonchev–Trinajstić information content (AvgIpc) is 2.99. The number of likely N-dealkylation sites (tertiary alicyclic amines) is 1. The summed E-state index contributed by atoms with van der Waals surface area (Å²) in [4.78, 5) is 26.5. The van der Waals surface area contributed by atoms with Crippen molar-refractivity contribution in [1.29, 1.82) is 0 Å². The summed E-state index contributed by atoms with van der Waals surface area (Å²) in [6.07, 6.45) is 4.06. The molecule has 0 radical (unpaired) electrons. The van der Waals surface area contributed by atoms with Crippen LogP contribution in [0.5, 0.6) is 0 Å². The van der Waals surface area contributed by atoms with E-state index >= 15 is 0 Å². The van der Waals surface area contributed by atoms with Gasteiger partial charge in [-0.3, -0.25) is 9.59 Å². The molecule has 0 bridgehead atoms. The maximum Gasteiger partial charge on any atom is 0.222 e. The zero-order valence-electron chi connectivity index (χ0n) is 14.9. The monoisotopic (exact) mass is 404 g/mol. The molecule has 2 aliphatic rings. The summed E-state index contributed by atoms with van der Waals surface area (Å²) in [6.45, 7) is 0.753. The minimum Gasteiger partial charge on any atom is -0.343 e. The standard InChI is InChI=1S/C19H23F3N2O2.ClH/c20-13-9-14(21)18(15(22)10-13)19(26)11-4-6-24(7-5-11)17(25)8-12-2-1-3-16(12)23;/h9-12,16H,1-8,23H2;1H/t12-,16+;/m0./s1. The molecule has 1 saturated carbocycles. The molecular weight excluding hydrogens is 381 g/mol. The molecule has 1 aromatic carbocycles. The van der Waals surface area contributed by atoms with E-state index in [-0.39, 0.29) is 30.3 Å². The number of Topliss-reactive ketones (excluding diaryl/α,β-unsaturated/α-hetero) is 1. The van der Waals surface area contributed by atoms with E-state index in [1.165, 1.54) is 0 Å². The Morgan fingerprint density at radius 1 is 1.04 bits per heavy atom. The van der Waals surface area contributed by atoms with Crippen LogP contribution >= 0.6 is 12.4 Å². The van der Waals surface area contributed by atoms with E-state index < -0.39 is 34.7 Å². The van der Waals surface area contributed by atoms with E-state index in [1.807, 2.05) is 0 Å². The number of halogens is 4. The van der Waals surface area contributed by atoms with Gasteiger partial charge in [-0.1, -0.05) is 6.42 Å². The van der Waals surface area contributed by atoms with E-state index in [9.17, 15) is 22.8 Å². The summed E-state index contributed by atoms with van der Waals surface area (Å²) in [7, 11) is 0. The van der Waals surface area contributed by atoms with Crippen LogP contribution in [0.3, 0.4) is 0 Å². The molecule has 1 saturated heterocycles. The molecule has 8 heteroatoms. The maximum absolute atomic E-state index is 13.8. The SMILES string of the molecule is Cl.N[C@@H]1CCC[C@H]1CC(=O)N1CCC(C(=O)c2c(F)cc(F)cc2F)CC1. The summed E-state index contributed by atoms with van der Waals surface area (Å²) < 4.78 is 40.6. The van der Waals surface area contributed by atoms with Crippen LogP contribution in [0.1, 0.15) is 48.9 Å². The number of carbonyl (C=O) groups is 2. The van der Waals surface area contributed by atoms with Gasteiger partial charge in [0.2, 0.25) is 5.91 Å².